The molecule has 0 saturated carbocycles. The molecular formula is C17H14F2N2O4. The number of ether oxygens (including phenoxy) is 1. The van der Waals surface area contributed by atoms with E-state index in [0.29, 0.717) is 5.69 Å². The van der Waals surface area contributed by atoms with Gasteiger partial charge in [-0.25, -0.2) is 13.6 Å². The van der Waals surface area contributed by atoms with E-state index in [9.17, 15) is 23.2 Å². The predicted molar refractivity (Wildman–Crippen MR) is 84.7 cm³/mol. The zero-order valence-corrected chi connectivity index (χ0v) is 12.9. The number of esters is 1. The molecule has 2 aromatic carbocycles. The van der Waals surface area contributed by atoms with Crippen LogP contribution in [0.5, 0.6) is 0 Å². The van der Waals surface area contributed by atoms with Crippen LogP contribution >= 0.6 is 0 Å². The van der Waals surface area contributed by atoms with Crippen LogP contribution in [0.3, 0.4) is 0 Å². The lowest BCUT2D eigenvalue weighted by molar-refractivity contribution is -0.126. The molecule has 2 rings (SSSR count). The number of rotatable bonds is 6. The lowest BCUT2D eigenvalue weighted by Crippen LogP contribution is -2.35. The average molecular weight is 348 g/mol. The molecule has 0 spiro atoms. The van der Waals surface area contributed by atoms with Crippen molar-refractivity contribution in [3.8, 4) is 0 Å². The fraction of sp³-hybridized carbons (Fsp3) is 0.118. The molecule has 25 heavy (non-hydrogen) atoms. The second-order valence-electron chi connectivity index (χ2n) is 4.89. The third kappa shape index (κ3) is 5.69. The quantitative estimate of drug-likeness (QED) is 0.781. The Labute approximate surface area is 141 Å². The third-order valence-corrected chi connectivity index (χ3v) is 3.00. The van der Waals surface area contributed by atoms with E-state index in [1.807, 2.05) is 0 Å². The van der Waals surface area contributed by atoms with E-state index in [0.717, 1.165) is 6.07 Å². The van der Waals surface area contributed by atoms with Crippen LogP contribution in [0.1, 0.15) is 10.4 Å². The SMILES string of the molecule is O=C(COC(=O)c1ccccc1F)NCC(=O)Nc1ccc(F)cc1. The fourth-order valence-electron chi connectivity index (χ4n) is 1.80. The van der Waals surface area contributed by atoms with Crippen molar-refractivity contribution in [3.63, 3.8) is 0 Å². The molecule has 0 aliphatic heterocycles. The number of carbonyl (C=O) groups excluding carboxylic acids is 3. The molecule has 2 amide bonds. The van der Waals surface area contributed by atoms with E-state index in [2.05, 4.69) is 15.4 Å². The first-order valence-corrected chi connectivity index (χ1v) is 7.19. The predicted octanol–water partition coefficient (Wildman–Crippen LogP) is 1.88. The number of nitrogens with one attached hydrogen (secondary N) is 2. The molecule has 0 heterocycles. The third-order valence-electron chi connectivity index (χ3n) is 3.00. The summed E-state index contributed by atoms with van der Waals surface area (Å²) in [5, 5.41) is 4.68. The van der Waals surface area contributed by atoms with Crippen molar-refractivity contribution in [1.82, 2.24) is 5.32 Å². The molecule has 0 aromatic heterocycles. The van der Waals surface area contributed by atoms with Gasteiger partial charge < -0.3 is 15.4 Å². The largest absolute Gasteiger partial charge is 0.452 e. The Kier molecular flexibility index (Phi) is 6.16. The van der Waals surface area contributed by atoms with Gasteiger partial charge in [-0.15, -0.1) is 0 Å². The molecule has 0 aliphatic carbocycles. The van der Waals surface area contributed by atoms with Gasteiger partial charge in [0.2, 0.25) is 5.91 Å². The highest BCUT2D eigenvalue weighted by molar-refractivity contribution is 5.95. The zero-order chi connectivity index (χ0) is 18.2. The number of hydrogen-bond acceptors (Lipinski definition) is 4. The summed E-state index contributed by atoms with van der Waals surface area (Å²) in [6.07, 6.45) is 0. The summed E-state index contributed by atoms with van der Waals surface area (Å²) in [6.45, 7) is -1.02. The highest BCUT2D eigenvalue weighted by Crippen LogP contribution is 2.08. The van der Waals surface area contributed by atoms with Crippen LogP contribution in [0.25, 0.3) is 0 Å². The molecule has 2 N–H and O–H groups in total. The highest BCUT2D eigenvalue weighted by atomic mass is 19.1. The molecule has 6 nitrogen and oxygen atoms in total. The van der Waals surface area contributed by atoms with Crippen LogP contribution < -0.4 is 10.6 Å². The average Bonchev–Trinajstić information content (AvgIpc) is 2.60. The van der Waals surface area contributed by atoms with Crippen molar-refractivity contribution in [2.45, 2.75) is 0 Å². The van der Waals surface area contributed by atoms with Crippen molar-refractivity contribution in [2.24, 2.45) is 0 Å². The van der Waals surface area contributed by atoms with E-state index >= 15 is 0 Å². The number of halogens is 2. The molecule has 2 aromatic rings. The Morgan fingerprint density at radius 1 is 0.920 bits per heavy atom. The minimum atomic E-state index is -0.982. The van der Waals surface area contributed by atoms with Gasteiger partial charge in [0.25, 0.3) is 5.91 Å². The van der Waals surface area contributed by atoms with E-state index in [4.69, 9.17) is 0 Å². The molecule has 0 radical (unpaired) electrons. The first-order chi connectivity index (χ1) is 12.0. The Bertz CT molecular complexity index is 778. The van der Waals surface area contributed by atoms with E-state index < -0.39 is 36.0 Å². The molecule has 0 saturated heterocycles. The summed E-state index contributed by atoms with van der Waals surface area (Å²) >= 11 is 0. The Morgan fingerprint density at radius 2 is 1.60 bits per heavy atom. The topological polar surface area (TPSA) is 84.5 Å². The molecule has 0 aliphatic rings. The van der Waals surface area contributed by atoms with Gasteiger partial charge in [0.05, 0.1) is 12.1 Å². The van der Waals surface area contributed by atoms with Crippen molar-refractivity contribution < 1.29 is 27.9 Å². The summed E-state index contributed by atoms with van der Waals surface area (Å²) < 4.78 is 30.8. The number of hydrogen-bond donors (Lipinski definition) is 2. The number of carbonyl (C=O) groups is 3. The van der Waals surface area contributed by atoms with Crippen LogP contribution in [0.4, 0.5) is 14.5 Å². The first kappa shape index (κ1) is 18.1. The Morgan fingerprint density at radius 3 is 2.28 bits per heavy atom. The Balaban J connectivity index is 1.73. The number of amides is 2. The minimum Gasteiger partial charge on any atom is -0.452 e. The second kappa shape index (κ2) is 8.53. The van der Waals surface area contributed by atoms with Gasteiger partial charge >= 0.3 is 5.97 Å². The monoisotopic (exact) mass is 348 g/mol. The summed E-state index contributed by atoms with van der Waals surface area (Å²) in [4.78, 5) is 34.8. The van der Waals surface area contributed by atoms with Gasteiger partial charge in [-0.3, -0.25) is 9.59 Å². The van der Waals surface area contributed by atoms with Crippen LogP contribution in [-0.2, 0) is 14.3 Å². The summed E-state index contributed by atoms with van der Waals surface area (Å²) in [6, 6.07) is 10.3. The summed E-state index contributed by atoms with van der Waals surface area (Å²) in [5.41, 5.74) is 0.0796. The molecular weight excluding hydrogens is 334 g/mol. The number of anilines is 1. The van der Waals surface area contributed by atoms with Crippen molar-refractivity contribution in [3.05, 3.63) is 65.7 Å². The van der Waals surface area contributed by atoms with Crippen molar-refractivity contribution in [2.75, 3.05) is 18.5 Å². The smallest absolute Gasteiger partial charge is 0.341 e. The molecule has 0 atom stereocenters. The lowest BCUT2D eigenvalue weighted by Gasteiger charge is -2.08. The maximum atomic E-state index is 13.4. The van der Waals surface area contributed by atoms with E-state index in [-0.39, 0.29) is 12.1 Å². The fourth-order valence-corrected chi connectivity index (χ4v) is 1.80. The summed E-state index contributed by atoms with van der Waals surface area (Å²) in [5.74, 6) is -3.45. The molecule has 0 bridgehead atoms. The van der Waals surface area contributed by atoms with Gasteiger partial charge in [-0.1, -0.05) is 12.1 Å². The van der Waals surface area contributed by atoms with E-state index in [1.165, 1.54) is 42.5 Å². The maximum Gasteiger partial charge on any atom is 0.341 e. The van der Waals surface area contributed by atoms with Crippen molar-refractivity contribution in [1.29, 1.82) is 0 Å². The van der Waals surface area contributed by atoms with Crippen LogP contribution in [0.15, 0.2) is 48.5 Å². The van der Waals surface area contributed by atoms with Gasteiger partial charge in [0.15, 0.2) is 6.61 Å². The highest BCUT2D eigenvalue weighted by Gasteiger charge is 2.14. The molecule has 0 fully saturated rings. The zero-order valence-electron chi connectivity index (χ0n) is 12.9. The first-order valence-electron chi connectivity index (χ1n) is 7.19. The van der Waals surface area contributed by atoms with Crippen molar-refractivity contribution >= 4 is 23.5 Å². The van der Waals surface area contributed by atoms with Gasteiger partial charge in [-0.2, -0.15) is 0 Å². The normalized spacial score (nSPS) is 10.0. The molecule has 8 heteroatoms. The van der Waals surface area contributed by atoms with Gasteiger partial charge in [-0.05, 0) is 36.4 Å². The number of benzene rings is 2. The van der Waals surface area contributed by atoms with E-state index in [1.54, 1.807) is 0 Å². The Hall–Kier alpha value is -3.29. The molecule has 130 valence electrons. The van der Waals surface area contributed by atoms with Crippen LogP contribution in [-0.4, -0.2) is 30.9 Å². The van der Waals surface area contributed by atoms with Gasteiger partial charge in [0, 0.05) is 5.69 Å². The van der Waals surface area contributed by atoms with Crippen LogP contribution in [0.2, 0.25) is 0 Å². The minimum absolute atomic E-state index is 0.288. The lowest BCUT2D eigenvalue weighted by atomic mass is 10.2. The van der Waals surface area contributed by atoms with Gasteiger partial charge in [0.1, 0.15) is 11.6 Å². The maximum absolute atomic E-state index is 13.4. The molecule has 0 unspecified atom stereocenters. The van der Waals surface area contributed by atoms with Crippen LogP contribution in [0, 0.1) is 11.6 Å². The second-order valence-corrected chi connectivity index (χ2v) is 4.89. The summed E-state index contributed by atoms with van der Waals surface area (Å²) in [7, 11) is 0. The standard InChI is InChI=1S/C17H14F2N2O4/c18-11-5-7-12(8-6-11)21-15(22)9-20-16(23)10-25-17(24)13-3-1-2-4-14(13)19/h1-8H,9-10H2,(H,20,23)(H,21,22).